The maximum Gasteiger partial charge on any atom is 0.288 e. The molecule has 1 aliphatic rings. The van der Waals surface area contributed by atoms with Gasteiger partial charge in [0.1, 0.15) is 5.69 Å². The van der Waals surface area contributed by atoms with Gasteiger partial charge in [-0.3, -0.25) is 9.69 Å². The first-order chi connectivity index (χ1) is 13.6. The first-order valence-corrected chi connectivity index (χ1v) is 9.91. The van der Waals surface area contributed by atoms with Gasteiger partial charge in [0.2, 0.25) is 0 Å². The van der Waals surface area contributed by atoms with E-state index in [1.54, 1.807) is 4.68 Å². The molecule has 0 atom stereocenters. The average Bonchev–Trinajstić information content (AvgIpc) is 2.73. The highest BCUT2D eigenvalue weighted by Crippen LogP contribution is 2.26. The molecule has 0 bridgehead atoms. The summed E-state index contributed by atoms with van der Waals surface area (Å²) in [6, 6.07) is 14.3. The predicted octanol–water partition coefficient (Wildman–Crippen LogP) is 2.91. The van der Waals surface area contributed by atoms with Crippen LogP contribution in [0, 0.1) is 0 Å². The van der Waals surface area contributed by atoms with E-state index < -0.39 is 0 Å². The molecular formula is C22H26N4O2. The third kappa shape index (κ3) is 3.84. The van der Waals surface area contributed by atoms with Crippen molar-refractivity contribution in [3.05, 3.63) is 58.5 Å². The Bertz CT molecular complexity index is 1020. The van der Waals surface area contributed by atoms with Gasteiger partial charge in [-0.15, -0.1) is 5.10 Å². The molecule has 0 aliphatic carbocycles. The lowest BCUT2D eigenvalue weighted by Crippen LogP contribution is -2.40. The number of ether oxygens (including phenoxy) is 1. The fraction of sp³-hybridized carbons (Fsp3) is 0.409. The van der Waals surface area contributed by atoms with E-state index in [0.717, 1.165) is 49.2 Å². The molecule has 2 heterocycles. The van der Waals surface area contributed by atoms with Crippen molar-refractivity contribution in [2.75, 3.05) is 32.8 Å². The lowest BCUT2D eigenvalue weighted by atomic mass is 10.0. The SMILES string of the molecule is CC(C)c1nc(-c2cccc3ccccc23)nn(CCN2CCOCC2)c1=O. The summed E-state index contributed by atoms with van der Waals surface area (Å²) in [5.41, 5.74) is 1.44. The third-order valence-corrected chi connectivity index (χ3v) is 5.20. The molecule has 4 rings (SSSR count). The second kappa shape index (κ2) is 8.20. The largest absolute Gasteiger partial charge is 0.379 e. The third-order valence-electron chi connectivity index (χ3n) is 5.20. The van der Waals surface area contributed by atoms with Crippen LogP contribution >= 0.6 is 0 Å². The van der Waals surface area contributed by atoms with Crippen LogP contribution in [0.5, 0.6) is 0 Å². The highest BCUT2D eigenvalue weighted by molar-refractivity contribution is 5.94. The molecule has 1 fully saturated rings. The molecule has 0 saturated carbocycles. The molecule has 146 valence electrons. The van der Waals surface area contributed by atoms with Crippen molar-refractivity contribution >= 4 is 10.8 Å². The van der Waals surface area contributed by atoms with Gasteiger partial charge in [-0.25, -0.2) is 9.67 Å². The molecular weight excluding hydrogens is 352 g/mol. The van der Waals surface area contributed by atoms with Crippen LogP contribution in [0.1, 0.15) is 25.5 Å². The Morgan fingerprint density at radius 3 is 2.57 bits per heavy atom. The van der Waals surface area contributed by atoms with E-state index in [0.29, 0.717) is 18.1 Å². The molecule has 6 nitrogen and oxygen atoms in total. The average molecular weight is 378 g/mol. The van der Waals surface area contributed by atoms with E-state index in [-0.39, 0.29) is 11.5 Å². The molecule has 0 amide bonds. The van der Waals surface area contributed by atoms with Crippen LogP contribution in [0.4, 0.5) is 0 Å². The van der Waals surface area contributed by atoms with Gasteiger partial charge in [-0.05, 0) is 10.8 Å². The van der Waals surface area contributed by atoms with E-state index in [1.807, 2.05) is 38.1 Å². The van der Waals surface area contributed by atoms with E-state index in [2.05, 4.69) is 33.2 Å². The minimum Gasteiger partial charge on any atom is -0.379 e. The van der Waals surface area contributed by atoms with E-state index in [1.165, 1.54) is 0 Å². The van der Waals surface area contributed by atoms with Crippen molar-refractivity contribution in [3.63, 3.8) is 0 Å². The lowest BCUT2D eigenvalue weighted by molar-refractivity contribution is 0.0357. The first-order valence-electron chi connectivity index (χ1n) is 9.91. The van der Waals surface area contributed by atoms with Gasteiger partial charge in [0.25, 0.3) is 5.56 Å². The number of hydrogen-bond acceptors (Lipinski definition) is 5. The molecule has 1 aromatic heterocycles. The van der Waals surface area contributed by atoms with Crippen LogP contribution in [0.25, 0.3) is 22.2 Å². The molecule has 0 radical (unpaired) electrons. The van der Waals surface area contributed by atoms with Crippen LogP contribution < -0.4 is 5.56 Å². The lowest BCUT2D eigenvalue weighted by Gasteiger charge is -2.26. The van der Waals surface area contributed by atoms with E-state index in [9.17, 15) is 4.79 Å². The second-order valence-corrected chi connectivity index (χ2v) is 7.48. The van der Waals surface area contributed by atoms with Crippen LogP contribution in [-0.2, 0) is 11.3 Å². The summed E-state index contributed by atoms with van der Waals surface area (Å²) in [6.45, 7) is 8.63. The first kappa shape index (κ1) is 18.8. The number of hydrogen-bond donors (Lipinski definition) is 0. The topological polar surface area (TPSA) is 60.3 Å². The van der Waals surface area contributed by atoms with Crippen molar-refractivity contribution in [1.29, 1.82) is 0 Å². The summed E-state index contributed by atoms with van der Waals surface area (Å²) in [4.78, 5) is 19.9. The van der Waals surface area contributed by atoms with Gasteiger partial charge in [0, 0.05) is 31.1 Å². The molecule has 1 saturated heterocycles. The Kier molecular flexibility index (Phi) is 5.50. The number of benzene rings is 2. The zero-order valence-electron chi connectivity index (χ0n) is 16.5. The summed E-state index contributed by atoms with van der Waals surface area (Å²) in [5.74, 6) is 0.654. The number of aromatic nitrogens is 3. The van der Waals surface area contributed by atoms with Gasteiger partial charge < -0.3 is 4.74 Å². The standard InChI is InChI=1S/C22H26N4O2/c1-16(2)20-22(27)26(11-10-25-12-14-28-15-13-25)24-21(23-20)19-9-5-7-17-6-3-4-8-18(17)19/h3-9,16H,10-15H2,1-2H3. The second-order valence-electron chi connectivity index (χ2n) is 7.48. The Morgan fingerprint density at radius 1 is 1.04 bits per heavy atom. The van der Waals surface area contributed by atoms with Gasteiger partial charge in [-0.1, -0.05) is 56.3 Å². The van der Waals surface area contributed by atoms with Crippen LogP contribution in [0.3, 0.4) is 0 Å². The quantitative estimate of drug-likeness (QED) is 0.683. The maximum absolute atomic E-state index is 12.9. The zero-order chi connectivity index (χ0) is 19.5. The minimum atomic E-state index is -0.0905. The van der Waals surface area contributed by atoms with Crippen molar-refractivity contribution < 1.29 is 4.74 Å². The Hall–Kier alpha value is -2.57. The smallest absolute Gasteiger partial charge is 0.288 e. The van der Waals surface area contributed by atoms with Gasteiger partial charge in [0.15, 0.2) is 5.82 Å². The molecule has 0 N–H and O–H groups in total. The predicted molar refractivity (Wildman–Crippen MR) is 111 cm³/mol. The monoisotopic (exact) mass is 378 g/mol. The molecule has 6 heteroatoms. The number of nitrogens with zero attached hydrogens (tertiary/aromatic N) is 4. The number of rotatable bonds is 5. The summed E-state index contributed by atoms with van der Waals surface area (Å²) in [7, 11) is 0. The van der Waals surface area contributed by atoms with Crippen molar-refractivity contribution in [1.82, 2.24) is 19.7 Å². The van der Waals surface area contributed by atoms with Crippen molar-refractivity contribution in [3.8, 4) is 11.4 Å². The molecule has 28 heavy (non-hydrogen) atoms. The Balaban J connectivity index is 1.74. The molecule has 1 aliphatic heterocycles. The maximum atomic E-state index is 12.9. The highest BCUT2D eigenvalue weighted by atomic mass is 16.5. The highest BCUT2D eigenvalue weighted by Gasteiger charge is 2.17. The number of fused-ring (bicyclic) bond motifs is 1. The summed E-state index contributed by atoms with van der Waals surface area (Å²) in [6.07, 6.45) is 0. The van der Waals surface area contributed by atoms with E-state index >= 15 is 0 Å². The molecule has 3 aromatic rings. The number of morpholine rings is 1. The fourth-order valence-electron chi connectivity index (χ4n) is 3.60. The Morgan fingerprint density at radius 2 is 1.79 bits per heavy atom. The normalized spacial score (nSPS) is 15.4. The minimum absolute atomic E-state index is 0.0406. The van der Waals surface area contributed by atoms with Gasteiger partial charge in [0.05, 0.1) is 19.8 Å². The van der Waals surface area contributed by atoms with E-state index in [4.69, 9.17) is 4.74 Å². The zero-order valence-corrected chi connectivity index (χ0v) is 16.5. The van der Waals surface area contributed by atoms with Crippen LogP contribution in [0.2, 0.25) is 0 Å². The van der Waals surface area contributed by atoms with Gasteiger partial charge in [-0.2, -0.15) is 0 Å². The fourth-order valence-corrected chi connectivity index (χ4v) is 3.60. The molecule has 0 unspecified atom stereocenters. The summed E-state index contributed by atoms with van der Waals surface area (Å²) >= 11 is 0. The van der Waals surface area contributed by atoms with Crippen molar-refractivity contribution in [2.45, 2.75) is 26.3 Å². The van der Waals surface area contributed by atoms with Crippen molar-refractivity contribution in [2.24, 2.45) is 0 Å². The van der Waals surface area contributed by atoms with Gasteiger partial charge >= 0.3 is 0 Å². The summed E-state index contributed by atoms with van der Waals surface area (Å²) < 4.78 is 7.00. The molecule has 2 aromatic carbocycles. The van der Waals surface area contributed by atoms with Crippen LogP contribution in [-0.4, -0.2) is 52.5 Å². The van der Waals surface area contributed by atoms with Crippen LogP contribution in [0.15, 0.2) is 47.3 Å². The molecule has 0 spiro atoms. The Labute approximate surface area is 164 Å². The summed E-state index contributed by atoms with van der Waals surface area (Å²) in [5, 5.41) is 6.89.